The van der Waals surface area contributed by atoms with Crippen LogP contribution in [0.1, 0.15) is 36.7 Å². The van der Waals surface area contributed by atoms with Crippen LogP contribution in [0.25, 0.3) is 0 Å². The number of aromatic nitrogens is 2. The van der Waals surface area contributed by atoms with Crippen LogP contribution in [0.15, 0.2) is 59.0 Å². The molecular formula is C23H18F2N4O4S. The monoisotopic (exact) mass is 484 g/mol. The first-order valence-electron chi connectivity index (χ1n) is 10.0. The van der Waals surface area contributed by atoms with Crippen molar-refractivity contribution in [3.63, 3.8) is 0 Å². The number of carbonyl (C=O) groups excluding carboxylic acids is 2. The molecule has 2 amide bonds. The van der Waals surface area contributed by atoms with Gasteiger partial charge in [0.25, 0.3) is 11.8 Å². The van der Waals surface area contributed by atoms with Gasteiger partial charge in [-0.3, -0.25) is 9.59 Å². The standard InChI is InChI=1S/C23H18F2N4O4S/c1-13-2-6-17(33-13)11-26-21(30)14-3-7-16(8-4-14)32-12-20-28-29-23(34-20)22(31)27-15-5-9-18(24)19(25)10-15/h2-10H,11-12H2,1H3,(H,26,30)(H,27,31). The Morgan fingerprint density at radius 3 is 2.50 bits per heavy atom. The summed E-state index contributed by atoms with van der Waals surface area (Å²) in [6.45, 7) is 2.17. The number of hydrogen-bond acceptors (Lipinski definition) is 7. The van der Waals surface area contributed by atoms with E-state index in [0.717, 1.165) is 29.2 Å². The fourth-order valence-electron chi connectivity index (χ4n) is 2.86. The minimum atomic E-state index is -1.07. The Labute approximate surface area is 196 Å². The maximum Gasteiger partial charge on any atom is 0.286 e. The molecule has 4 rings (SSSR count). The number of benzene rings is 2. The van der Waals surface area contributed by atoms with Crippen LogP contribution in [0.2, 0.25) is 0 Å². The number of hydrogen-bond donors (Lipinski definition) is 2. The van der Waals surface area contributed by atoms with Gasteiger partial charge in [-0.2, -0.15) is 0 Å². The van der Waals surface area contributed by atoms with Crippen LogP contribution in [-0.4, -0.2) is 22.0 Å². The summed E-state index contributed by atoms with van der Waals surface area (Å²) in [7, 11) is 0. The van der Waals surface area contributed by atoms with Gasteiger partial charge in [0.1, 0.15) is 23.9 Å². The summed E-state index contributed by atoms with van der Waals surface area (Å²) in [5, 5.41) is 13.4. The number of carbonyl (C=O) groups is 2. The zero-order valence-corrected chi connectivity index (χ0v) is 18.6. The first-order chi connectivity index (χ1) is 16.4. The maximum absolute atomic E-state index is 13.3. The molecule has 0 saturated carbocycles. The van der Waals surface area contributed by atoms with E-state index in [-0.39, 0.29) is 29.8 Å². The van der Waals surface area contributed by atoms with Gasteiger partial charge in [-0.15, -0.1) is 10.2 Å². The molecule has 0 radical (unpaired) electrons. The zero-order valence-electron chi connectivity index (χ0n) is 17.8. The predicted octanol–water partition coefficient (Wildman–Crippen LogP) is 4.48. The summed E-state index contributed by atoms with van der Waals surface area (Å²) < 4.78 is 37.3. The second-order valence-corrected chi connectivity index (χ2v) is 8.15. The normalized spacial score (nSPS) is 10.7. The topological polar surface area (TPSA) is 106 Å². The van der Waals surface area contributed by atoms with E-state index in [2.05, 4.69) is 20.8 Å². The fourth-order valence-corrected chi connectivity index (χ4v) is 3.51. The molecule has 0 bridgehead atoms. The number of nitrogens with zero attached hydrogens (tertiary/aromatic N) is 2. The van der Waals surface area contributed by atoms with E-state index < -0.39 is 17.5 Å². The van der Waals surface area contributed by atoms with Crippen molar-refractivity contribution in [2.75, 3.05) is 5.32 Å². The highest BCUT2D eigenvalue weighted by Crippen LogP contribution is 2.19. The summed E-state index contributed by atoms with van der Waals surface area (Å²) in [6.07, 6.45) is 0. The minimum absolute atomic E-state index is 0.0436. The van der Waals surface area contributed by atoms with Crippen LogP contribution in [0.5, 0.6) is 5.75 Å². The van der Waals surface area contributed by atoms with Crippen molar-refractivity contribution >= 4 is 28.8 Å². The van der Waals surface area contributed by atoms with E-state index in [0.29, 0.717) is 22.1 Å². The molecule has 174 valence electrons. The van der Waals surface area contributed by atoms with E-state index in [4.69, 9.17) is 9.15 Å². The maximum atomic E-state index is 13.3. The van der Waals surface area contributed by atoms with Gasteiger partial charge in [-0.1, -0.05) is 11.3 Å². The van der Waals surface area contributed by atoms with E-state index in [1.54, 1.807) is 30.3 Å². The van der Waals surface area contributed by atoms with Crippen molar-refractivity contribution in [2.24, 2.45) is 0 Å². The Kier molecular flexibility index (Phi) is 6.93. The number of amides is 2. The number of nitrogens with one attached hydrogen (secondary N) is 2. The lowest BCUT2D eigenvalue weighted by atomic mass is 10.2. The molecule has 11 heteroatoms. The van der Waals surface area contributed by atoms with Gasteiger partial charge in [0.2, 0.25) is 5.01 Å². The van der Waals surface area contributed by atoms with Crippen molar-refractivity contribution in [1.29, 1.82) is 0 Å². The Hall–Kier alpha value is -4.12. The average molecular weight is 484 g/mol. The van der Waals surface area contributed by atoms with Gasteiger partial charge in [-0.25, -0.2) is 8.78 Å². The second-order valence-electron chi connectivity index (χ2n) is 7.09. The molecule has 4 aromatic rings. The SMILES string of the molecule is Cc1ccc(CNC(=O)c2ccc(OCc3nnc(C(=O)Nc4ccc(F)c(F)c4)s3)cc2)o1. The van der Waals surface area contributed by atoms with Gasteiger partial charge in [0.05, 0.1) is 6.54 Å². The van der Waals surface area contributed by atoms with Crippen molar-refractivity contribution in [3.8, 4) is 5.75 Å². The smallest absolute Gasteiger partial charge is 0.286 e. The third kappa shape index (κ3) is 5.81. The highest BCUT2D eigenvalue weighted by molar-refractivity contribution is 7.13. The Morgan fingerprint density at radius 2 is 1.79 bits per heavy atom. The van der Waals surface area contributed by atoms with Gasteiger partial charge in [-0.05, 0) is 55.5 Å². The minimum Gasteiger partial charge on any atom is -0.486 e. The number of halogens is 2. The predicted molar refractivity (Wildman–Crippen MR) is 120 cm³/mol. The molecule has 0 aliphatic carbocycles. The molecule has 2 aromatic carbocycles. The van der Waals surface area contributed by atoms with Gasteiger partial charge in [0, 0.05) is 17.3 Å². The van der Waals surface area contributed by atoms with Crippen LogP contribution >= 0.6 is 11.3 Å². The first kappa shape index (κ1) is 23.1. The number of ether oxygens (including phenoxy) is 1. The molecule has 2 N–H and O–H groups in total. The highest BCUT2D eigenvalue weighted by Gasteiger charge is 2.15. The zero-order chi connectivity index (χ0) is 24.1. The summed E-state index contributed by atoms with van der Waals surface area (Å²) in [4.78, 5) is 24.5. The molecule has 0 fully saturated rings. The largest absolute Gasteiger partial charge is 0.486 e. The Balaban J connectivity index is 1.27. The number of anilines is 1. The van der Waals surface area contributed by atoms with Crippen LogP contribution < -0.4 is 15.4 Å². The molecular weight excluding hydrogens is 466 g/mol. The molecule has 0 aliphatic rings. The lowest BCUT2D eigenvalue weighted by Crippen LogP contribution is -2.22. The molecule has 8 nitrogen and oxygen atoms in total. The van der Waals surface area contributed by atoms with Crippen LogP contribution in [0.4, 0.5) is 14.5 Å². The number of rotatable bonds is 8. The van der Waals surface area contributed by atoms with Crippen LogP contribution in [-0.2, 0) is 13.2 Å². The molecule has 2 aromatic heterocycles. The summed E-state index contributed by atoms with van der Waals surface area (Å²) >= 11 is 1.00. The summed E-state index contributed by atoms with van der Waals surface area (Å²) in [5.74, 6) is -0.985. The lowest BCUT2D eigenvalue weighted by Gasteiger charge is -2.06. The fraction of sp³-hybridized carbons (Fsp3) is 0.130. The van der Waals surface area contributed by atoms with Crippen molar-refractivity contribution < 1.29 is 27.5 Å². The van der Waals surface area contributed by atoms with Crippen LogP contribution in [0.3, 0.4) is 0 Å². The van der Waals surface area contributed by atoms with Gasteiger partial charge < -0.3 is 19.8 Å². The molecule has 2 heterocycles. The molecule has 0 saturated heterocycles. The quantitative estimate of drug-likeness (QED) is 0.382. The molecule has 34 heavy (non-hydrogen) atoms. The number of aryl methyl sites for hydroxylation is 1. The average Bonchev–Trinajstić information content (AvgIpc) is 3.48. The second kappa shape index (κ2) is 10.2. The van der Waals surface area contributed by atoms with E-state index in [1.807, 2.05) is 13.0 Å². The van der Waals surface area contributed by atoms with Gasteiger partial charge in [0.15, 0.2) is 16.6 Å². The third-order valence-corrected chi connectivity index (χ3v) is 5.43. The highest BCUT2D eigenvalue weighted by atomic mass is 32.1. The third-order valence-electron chi connectivity index (χ3n) is 4.54. The van der Waals surface area contributed by atoms with Crippen molar-refractivity contribution in [3.05, 3.63) is 93.3 Å². The Morgan fingerprint density at radius 1 is 1.00 bits per heavy atom. The summed E-state index contributed by atoms with van der Waals surface area (Å²) in [6, 6.07) is 13.2. The molecule has 0 aliphatic heterocycles. The molecule has 0 unspecified atom stereocenters. The van der Waals surface area contributed by atoms with E-state index in [9.17, 15) is 18.4 Å². The lowest BCUT2D eigenvalue weighted by molar-refractivity contribution is 0.0947. The van der Waals surface area contributed by atoms with Crippen molar-refractivity contribution in [2.45, 2.75) is 20.1 Å². The van der Waals surface area contributed by atoms with Crippen LogP contribution in [0, 0.1) is 18.6 Å². The van der Waals surface area contributed by atoms with E-state index in [1.165, 1.54) is 6.07 Å². The summed E-state index contributed by atoms with van der Waals surface area (Å²) in [5.41, 5.74) is 0.558. The van der Waals surface area contributed by atoms with Crippen molar-refractivity contribution in [1.82, 2.24) is 15.5 Å². The molecule has 0 spiro atoms. The first-order valence-corrected chi connectivity index (χ1v) is 10.8. The van der Waals surface area contributed by atoms with E-state index >= 15 is 0 Å². The number of furan rings is 1. The Bertz CT molecular complexity index is 1320. The van der Waals surface area contributed by atoms with Gasteiger partial charge >= 0.3 is 0 Å². The molecule has 0 atom stereocenters.